The fraction of sp³-hybridized carbons (Fsp3) is 0.0213. The summed E-state index contributed by atoms with van der Waals surface area (Å²) in [6.07, 6.45) is -0.963. The lowest BCUT2D eigenvalue weighted by atomic mass is 9.84. The third kappa shape index (κ3) is 4.04. The van der Waals surface area contributed by atoms with Crippen LogP contribution >= 0.6 is 0 Å². The molecule has 1 heteroatoms. The second-order valence-electron chi connectivity index (χ2n) is 10.6. The second-order valence-corrected chi connectivity index (χ2v) is 10.6. The van der Waals surface area contributed by atoms with Crippen LogP contribution in [0.3, 0.4) is 0 Å². The van der Waals surface area contributed by atoms with Gasteiger partial charge in [-0.3, -0.25) is 0 Å². The van der Waals surface area contributed by atoms with Gasteiger partial charge < -0.3 is 4.42 Å². The molecule has 0 atom stereocenters. The molecule has 1 aromatic heterocycles. The summed E-state index contributed by atoms with van der Waals surface area (Å²) in [5, 5.41) is -5.56. The zero-order valence-corrected chi connectivity index (χ0v) is 24.1. The first kappa shape index (κ1) is 11.2. The highest BCUT2D eigenvalue weighted by atomic mass is 16.3. The molecule has 48 heavy (non-hydrogen) atoms. The van der Waals surface area contributed by atoms with Crippen molar-refractivity contribution < 1.29 is 42.8 Å². The monoisotopic (exact) mass is 638 g/mol. The van der Waals surface area contributed by atoms with Crippen LogP contribution in [-0.4, -0.2) is 0 Å². The van der Waals surface area contributed by atoms with E-state index in [4.69, 9.17) is 30.5 Å². The molecule has 0 amide bonds. The maximum Gasteiger partial charge on any atom is 0.143 e. The van der Waals surface area contributed by atoms with Crippen LogP contribution in [0.25, 0.3) is 87.3 Å². The molecule has 10 aromatic rings. The average Bonchev–Trinajstić information content (AvgIpc) is 3.85. The van der Waals surface area contributed by atoms with Gasteiger partial charge in [-0.15, -0.1) is 0 Å². The fourth-order valence-corrected chi connectivity index (χ4v) is 6.15. The molecule has 0 radical (unpaired) electrons. The van der Waals surface area contributed by atoms with E-state index >= 15 is 0 Å². The molecule has 0 bridgehead atoms. The van der Waals surface area contributed by atoms with E-state index in [1.807, 2.05) is 0 Å². The maximum absolute atomic E-state index is 9.56. The quantitative estimate of drug-likeness (QED) is 0.175. The Balaban J connectivity index is 1.48. The van der Waals surface area contributed by atoms with Gasteiger partial charge in [0.15, 0.2) is 0 Å². The zero-order chi connectivity index (χ0) is 56.0. The highest BCUT2D eigenvalue weighted by molar-refractivity contribution is 6.24. The zero-order valence-electron chi connectivity index (χ0n) is 52.1. The molecule has 224 valence electrons. The van der Waals surface area contributed by atoms with Crippen molar-refractivity contribution in [2.75, 3.05) is 0 Å². The molecule has 0 saturated carbocycles. The Bertz CT molecular complexity index is 4350. The number of rotatable bonds is 4. The summed E-state index contributed by atoms with van der Waals surface area (Å²) in [6, 6.07) is -24.6. The molecule has 1 nitrogen and oxygen atoms in total. The van der Waals surface area contributed by atoms with Gasteiger partial charge in [0, 0.05) is 16.2 Å². The molecule has 0 unspecified atom stereocenters. The fourth-order valence-electron chi connectivity index (χ4n) is 6.15. The van der Waals surface area contributed by atoms with Gasteiger partial charge in [0.25, 0.3) is 0 Å². The summed E-state index contributed by atoms with van der Waals surface area (Å²) >= 11 is 0. The lowest BCUT2D eigenvalue weighted by Crippen LogP contribution is -1.97. The first-order valence-corrected chi connectivity index (χ1v) is 14.4. The lowest BCUT2D eigenvalue weighted by Gasteiger charge is -2.19. The molecule has 0 spiro atoms. The highest BCUT2D eigenvalue weighted by Gasteiger charge is 2.21. The van der Waals surface area contributed by atoms with Crippen molar-refractivity contribution in [1.29, 1.82) is 0 Å². The third-order valence-corrected chi connectivity index (χ3v) is 8.16. The van der Waals surface area contributed by atoms with E-state index < -0.39 is 274 Å². The normalized spacial score (nSPS) is 20.0. The molecule has 0 N–H and O–H groups in total. The number of hydrogen-bond donors (Lipinski definition) is 0. The van der Waals surface area contributed by atoms with E-state index in [0.717, 1.165) is 0 Å². The van der Waals surface area contributed by atoms with Gasteiger partial charge in [0.05, 0.1) is 38.4 Å². The van der Waals surface area contributed by atoms with Crippen molar-refractivity contribution >= 4 is 65.0 Å². The van der Waals surface area contributed by atoms with Gasteiger partial charge in [0.1, 0.15) is 11.2 Å². The van der Waals surface area contributed by atoms with Gasteiger partial charge in [-0.05, 0) is 89.6 Å². The van der Waals surface area contributed by atoms with E-state index in [2.05, 4.69) is 0 Å². The number of fused-ring (bicyclic) bond motifs is 8. The Kier molecular flexibility index (Phi) is 2.50. The van der Waals surface area contributed by atoms with E-state index in [9.17, 15) is 12.3 Å². The van der Waals surface area contributed by atoms with Gasteiger partial charge in [0.2, 0.25) is 0 Å². The Labute approximate surface area is 317 Å². The minimum absolute atomic E-state index is 0.446. The van der Waals surface area contributed by atoms with Crippen LogP contribution in [0.1, 0.15) is 49.5 Å². The van der Waals surface area contributed by atoms with Crippen LogP contribution < -0.4 is 0 Å². The van der Waals surface area contributed by atoms with Crippen LogP contribution in [-0.2, 0) is 6.42 Å². The van der Waals surface area contributed by atoms with Gasteiger partial charge >= 0.3 is 0 Å². The topological polar surface area (TPSA) is 13.1 Å². The van der Waals surface area contributed by atoms with E-state index in [-0.39, 0.29) is 0 Å². The minimum Gasteiger partial charge on any atom is -0.455 e. The molecular formula is C47H30O. The predicted molar refractivity (Wildman–Crippen MR) is 204 cm³/mol. The maximum atomic E-state index is 9.56. The van der Waals surface area contributed by atoms with Crippen LogP contribution in [0.15, 0.2) is 174 Å². The van der Waals surface area contributed by atoms with Crippen molar-refractivity contribution in [1.82, 2.24) is 0 Å². The Hall–Kier alpha value is -6.18. The van der Waals surface area contributed by atoms with E-state index in [0.29, 0.717) is 0 Å². The van der Waals surface area contributed by atoms with Crippen LogP contribution in [0.5, 0.6) is 0 Å². The number of benzene rings is 9. The van der Waals surface area contributed by atoms with Crippen molar-refractivity contribution in [3.8, 4) is 22.3 Å². The van der Waals surface area contributed by atoms with Crippen LogP contribution in [0.2, 0.25) is 0 Å². The van der Waals surface area contributed by atoms with Crippen molar-refractivity contribution in [3.63, 3.8) is 0 Å². The minimum atomic E-state index is -0.963. The van der Waals surface area contributed by atoms with Crippen molar-refractivity contribution in [2.45, 2.75) is 6.42 Å². The number of hydrogen-bond acceptors (Lipinski definition) is 1. The Morgan fingerprint density at radius 3 is 1.79 bits per heavy atom. The molecule has 0 aliphatic carbocycles. The Morgan fingerprint density at radius 2 is 1.04 bits per heavy atom. The van der Waals surface area contributed by atoms with E-state index in [1.165, 1.54) is 0 Å². The predicted octanol–water partition coefficient (Wildman–Crippen LogP) is 13.1. The smallest absolute Gasteiger partial charge is 0.143 e. The first-order chi connectivity index (χ1) is 35.5. The van der Waals surface area contributed by atoms with Crippen LogP contribution in [0, 0.1) is 0 Å². The van der Waals surface area contributed by atoms with Crippen molar-refractivity contribution in [2.24, 2.45) is 0 Å². The van der Waals surface area contributed by atoms with Gasteiger partial charge in [-0.25, -0.2) is 0 Å². The van der Waals surface area contributed by atoms with Gasteiger partial charge in [-0.2, -0.15) is 0 Å². The molecule has 0 fully saturated rings. The average molecular weight is 639 g/mol. The molecule has 9 aromatic carbocycles. The molecular weight excluding hydrogens is 581 g/mol. The summed E-state index contributed by atoms with van der Waals surface area (Å²) in [4.78, 5) is 0. The number of furan rings is 1. The standard InChI is InChI=1S/C47H30O/c1-2-13-30(14-3-1)34-27-26-32(33-16-6-7-18-36(33)34)29-43-37-19-8-10-21-39(37)45(40-22-11-9-20-38(40)43)41-23-12-24-44-46(41)42-28-25-31-15-4-5-17-35(31)47(42)48-44/h1-28H,29H2/i1D,2D,3D,4D,5D,6D,7D,8D,9D,10D,11D,12D,13D,14D,15D,16D,17D,18D,19D,20D,21D,22D,23D,24D,25D,26D,27D,28D. The third-order valence-electron chi connectivity index (χ3n) is 8.16. The Morgan fingerprint density at radius 1 is 0.417 bits per heavy atom. The first-order valence-electron chi connectivity index (χ1n) is 28.4. The summed E-state index contributed by atoms with van der Waals surface area (Å²) in [7, 11) is 0. The SMILES string of the molecule is [2H]c1c([2H])c([2H])c(-c2c([2H])c([2H])c(Cc3c4c([2H])c([2H])c([2H])c([2H])c4c(-c4c([2H])c([2H])c([2H])c5oc6c7c([2H])c([2H])c([2H])c([2H])c7c([2H])c([2H])c6c45)c4c([2H])c([2H])c([2H])c([2H])c34)c3c([2H])c([2H])c([2H])c([2H])c23)c([2H])c1[2H]. The summed E-state index contributed by atoms with van der Waals surface area (Å²) in [5.41, 5.74) is -4.78. The lowest BCUT2D eigenvalue weighted by molar-refractivity contribution is 0.673. The molecule has 1 heterocycles. The molecule has 0 saturated heterocycles. The second kappa shape index (κ2) is 10.7. The summed E-state index contributed by atoms with van der Waals surface area (Å²) < 4.78 is 258. The van der Waals surface area contributed by atoms with E-state index in [1.54, 1.807) is 0 Å². The summed E-state index contributed by atoms with van der Waals surface area (Å²) in [5.74, 6) is 0. The highest BCUT2D eigenvalue weighted by Crippen LogP contribution is 2.46. The molecule has 10 rings (SSSR count). The van der Waals surface area contributed by atoms with Gasteiger partial charge in [-0.1, -0.05) is 157 Å². The summed E-state index contributed by atoms with van der Waals surface area (Å²) in [6.45, 7) is 0. The van der Waals surface area contributed by atoms with Crippen molar-refractivity contribution in [3.05, 3.63) is 180 Å². The largest absolute Gasteiger partial charge is 0.455 e. The molecule has 0 aliphatic heterocycles. The van der Waals surface area contributed by atoms with Crippen LogP contribution in [0.4, 0.5) is 0 Å². The molecule has 0 aliphatic rings.